The van der Waals surface area contributed by atoms with Gasteiger partial charge >= 0.3 is 6.09 Å². The average molecular weight is 556 g/mol. The number of nitrogens with one attached hydrogen (secondary N) is 4. The van der Waals surface area contributed by atoms with Gasteiger partial charge in [0.1, 0.15) is 31.1 Å². The van der Waals surface area contributed by atoms with Gasteiger partial charge in [-0.05, 0) is 23.8 Å². The minimum absolute atomic E-state index is 0.00160. The Kier molecular flexibility index (Phi) is 10.7. The van der Waals surface area contributed by atoms with Crippen molar-refractivity contribution in [1.82, 2.24) is 36.0 Å². The summed E-state index contributed by atoms with van der Waals surface area (Å²) in [6, 6.07) is 5.87. The fourth-order valence-electron chi connectivity index (χ4n) is 4.11. The third-order valence-electron chi connectivity index (χ3n) is 6.22. The van der Waals surface area contributed by atoms with E-state index in [1.165, 1.54) is 11.0 Å². The number of aromatic nitrogens is 3. The van der Waals surface area contributed by atoms with Crippen molar-refractivity contribution in [3.8, 4) is 0 Å². The maximum Gasteiger partial charge on any atom is 0.408 e. The Hall–Kier alpha value is -4.29. The number of hydrogen-bond donors (Lipinski definition) is 4. The number of ketones is 1. The quantitative estimate of drug-likeness (QED) is 0.307. The molecule has 1 aliphatic rings. The smallest absolute Gasteiger partial charge is 0.408 e. The predicted molar refractivity (Wildman–Crippen MR) is 143 cm³/mol. The number of rotatable bonds is 10. The lowest BCUT2D eigenvalue weighted by atomic mass is 9.99. The van der Waals surface area contributed by atoms with E-state index in [1.54, 1.807) is 13.8 Å². The van der Waals surface area contributed by atoms with Crippen LogP contribution in [0.25, 0.3) is 0 Å². The normalized spacial score (nSPS) is 17.0. The maximum absolute atomic E-state index is 13.4. The van der Waals surface area contributed by atoms with Gasteiger partial charge in [0.05, 0.1) is 6.54 Å². The number of fused-ring (bicyclic) bond motifs is 2. The maximum atomic E-state index is 13.4. The van der Waals surface area contributed by atoms with Crippen LogP contribution in [-0.4, -0.2) is 69.0 Å². The predicted octanol–water partition coefficient (Wildman–Crippen LogP) is 0.486. The molecule has 0 spiro atoms. The molecule has 4 N–H and O–H groups in total. The summed E-state index contributed by atoms with van der Waals surface area (Å²) in [5.74, 6) is -2.70. The van der Waals surface area contributed by atoms with Gasteiger partial charge in [0, 0.05) is 13.0 Å². The van der Waals surface area contributed by atoms with E-state index >= 15 is 0 Å². The largest absolute Gasteiger partial charge is 0.445 e. The number of benzene rings is 1. The van der Waals surface area contributed by atoms with E-state index in [0.29, 0.717) is 12.2 Å². The van der Waals surface area contributed by atoms with Crippen LogP contribution in [-0.2, 0) is 43.5 Å². The van der Waals surface area contributed by atoms with Gasteiger partial charge in [-0.15, -0.1) is 0 Å². The molecule has 1 aliphatic heterocycles. The summed E-state index contributed by atoms with van der Waals surface area (Å²) in [5.41, 5.74) is 0.794. The molecule has 0 aliphatic carbocycles. The summed E-state index contributed by atoms with van der Waals surface area (Å²) in [4.78, 5) is 68.4. The number of amides is 4. The Morgan fingerprint density at radius 1 is 1.07 bits per heavy atom. The Morgan fingerprint density at radius 2 is 1.80 bits per heavy atom. The summed E-state index contributed by atoms with van der Waals surface area (Å²) in [6.07, 6.45) is 1.28. The third-order valence-corrected chi connectivity index (χ3v) is 6.22. The van der Waals surface area contributed by atoms with E-state index in [1.807, 2.05) is 44.2 Å². The molecule has 13 nitrogen and oxygen atoms in total. The minimum atomic E-state index is -1.22. The van der Waals surface area contributed by atoms with Crippen molar-refractivity contribution in [2.75, 3.05) is 6.54 Å². The Labute approximate surface area is 232 Å². The third kappa shape index (κ3) is 8.89. The number of ether oxygens (including phenoxy) is 1. The van der Waals surface area contributed by atoms with Gasteiger partial charge < -0.3 is 26.0 Å². The molecule has 216 valence electrons. The Morgan fingerprint density at radius 3 is 2.48 bits per heavy atom. The highest BCUT2D eigenvalue weighted by molar-refractivity contribution is 6.38. The fraction of sp³-hybridized carbons (Fsp3) is 0.519. The van der Waals surface area contributed by atoms with Crippen molar-refractivity contribution in [2.45, 2.75) is 71.8 Å². The van der Waals surface area contributed by atoms with Gasteiger partial charge in [-0.3, -0.25) is 23.9 Å². The molecule has 1 aromatic heterocycles. The molecule has 0 saturated carbocycles. The number of carbonyl (C=O) groups excluding carboxylic acids is 5. The topological polar surface area (TPSA) is 173 Å². The minimum Gasteiger partial charge on any atom is -0.445 e. The van der Waals surface area contributed by atoms with E-state index in [-0.39, 0.29) is 38.0 Å². The summed E-state index contributed by atoms with van der Waals surface area (Å²) >= 11 is 0. The number of nitrogens with zero attached hydrogens (tertiary/aromatic N) is 3. The summed E-state index contributed by atoms with van der Waals surface area (Å²) in [7, 11) is 0. The summed E-state index contributed by atoms with van der Waals surface area (Å²) in [6.45, 7) is 7.38. The highest BCUT2D eigenvalue weighted by Gasteiger charge is 2.33. The molecule has 0 fully saturated rings. The van der Waals surface area contributed by atoms with E-state index in [9.17, 15) is 24.0 Å². The van der Waals surface area contributed by atoms with E-state index in [0.717, 1.165) is 5.56 Å². The van der Waals surface area contributed by atoms with Crippen LogP contribution in [0.3, 0.4) is 0 Å². The number of carbonyl (C=O) groups is 5. The standard InChI is InChI=1S/C27H37N7O6/c1-16(2)12-19(24(36)31-20-13-34-15-29-21(33-34)10-11-28-26(38)23(20)35)30-25(37)22(17(3)4)32-27(39)40-14-18-8-6-5-7-9-18/h5-9,15-17,19-20,22H,10-14H2,1-4H3,(H,28,38)(H,30,37)(H,31,36)(H,32,39). The summed E-state index contributed by atoms with van der Waals surface area (Å²) in [5, 5.41) is 14.7. The van der Waals surface area contributed by atoms with Crippen LogP contribution in [0.1, 0.15) is 45.5 Å². The highest BCUT2D eigenvalue weighted by atomic mass is 16.5. The Balaban J connectivity index is 1.68. The van der Waals surface area contributed by atoms with Crippen LogP contribution in [0.5, 0.6) is 0 Å². The zero-order valence-electron chi connectivity index (χ0n) is 23.2. The van der Waals surface area contributed by atoms with Crippen molar-refractivity contribution in [3.05, 3.63) is 48.0 Å². The fourth-order valence-corrected chi connectivity index (χ4v) is 4.11. The van der Waals surface area contributed by atoms with Crippen LogP contribution in [0.15, 0.2) is 36.7 Å². The Bertz CT molecular complexity index is 1200. The lowest BCUT2D eigenvalue weighted by molar-refractivity contribution is -0.140. The lowest BCUT2D eigenvalue weighted by Gasteiger charge is -2.27. The zero-order valence-corrected chi connectivity index (χ0v) is 23.2. The van der Waals surface area contributed by atoms with Crippen molar-refractivity contribution in [3.63, 3.8) is 0 Å². The first-order chi connectivity index (χ1) is 19.0. The zero-order chi connectivity index (χ0) is 29.2. The molecular weight excluding hydrogens is 518 g/mol. The van der Waals surface area contributed by atoms with Gasteiger partial charge in [0.2, 0.25) is 17.6 Å². The molecule has 2 aromatic rings. The molecule has 13 heteroatoms. The second kappa shape index (κ2) is 14.2. The lowest BCUT2D eigenvalue weighted by Crippen LogP contribution is -2.58. The van der Waals surface area contributed by atoms with Crippen molar-refractivity contribution >= 4 is 29.6 Å². The van der Waals surface area contributed by atoms with Crippen molar-refractivity contribution < 1.29 is 28.7 Å². The van der Waals surface area contributed by atoms with Gasteiger partial charge in [0.25, 0.3) is 5.91 Å². The molecule has 2 heterocycles. The van der Waals surface area contributed by atoms with Crippen LogP contribution in [0.2, 0.25) is 0 Å². The second-order valence-corrected chi connectivity index (χ2v) is 10.4. The average Bonchev–Trinajstić information content (AvgIpc) is 3.35. The molecule has 4 amide bonds. The highest BCUT2D eigenvalue weighted by Crippen LogP contribution is 2.10. The number of Topliss-reactive ketones (excluding diaryl/α,β-unsaturated/α-hetero) is 1. The molecular formula is C27H37N7O6. The van der Waals surface area contributed by atoms with Crippen molar-refractivity contribution in [2.24, 2.45) is 11.8 Å². The van der Waals surface area contributed by atoms with Gasteiger partial charge in [0.15, 0.2) is 5.82 Å². The van der Waals surface area contributed by atoms with Gasteiger partial charge in [-0.2, -0.15) is 5.10 Å². The van der Waals surface area contributed by atoms with Crippen LogP contribution in [0.4, 0.5) is 4.79 Å². The summed E-state index contributed by atoms with van der Waals surface area (Å²) < 4.78 is 6.65. The van der Waals surface area contributed by atoms with Crippen LogP contribution >= 0.6 is 0 Å². The molecule has 2 bridgehead atoms. The molecule has 0 radical (unpaired) electrons. The van der Waals surface area contributed by atoms with E-state index in [4.69, 9.17) is 4.74 Å². The first-order valence-corrected chi connectivity index (χ1v) is 13.3. The first-order valence-electron chi connectivity index (χ1n) is 13.3. The monoisotopic (exact) mass is 555 g/mol. The van der Waals surface area contributed by atoms with E-state index < -0.39 is 47.7 Å². The second-order valence-electron chi connectivity index (χ2n) is 10.4. The number of alkyl carbamates (subject to hydrolysis) is 1. The number of hydrogen-bond acceptors (Lipinski definition) is 8. The molecule has 3 atom stereocenters. The van der Waals surface area contributed by atoms with E-state index in [2.05, 4.69) is 31.3 Å². The molecule has 0 saturated heterocycles. The first kappa shape index (κ1) is 30.3. The molecule has 3 unspecified atom stereocenters. The molecule has 40 heavy (non-hydrogen) atoms. The molecule has 1 aromatic carbocycles. The van der Waals surface area contributed by atoms with Crippen LogP contribution in [0, 0.1) is 11.8 Å². The molecule has 3 rings (SSSR count). The van der Waals surface area contributed by atoms with Gasteiger partial charge in [-0.25, -0.2) is 9.78 Å². The SMILES string of the molecule is CC(C)CC(NC(=O)C(NC(=O)OCc1ccccc1)C(C)C)C(=O)NC1Cn2cnc(n2)CCNC(=O)C1=O. The van der Waals surface area contributed by atoms with Gasteiger partial charge in [-0.1, -0.05) is 58.0 Å². The van der Waals surface area contributed by atoms with Crippen molar-refractivity contribution in [1.29, 1.82) is 0 Å². The van der Waals surface area contributed by atoms with Crippen LogP contribution < -0.4 is 21.3 Å².